The Labute approximate surface area is 126 Å². The lowest BCUT2D eigenvalue weighted by Crippen LogP contribution is -2.41. The quantitative estimate of drug-likeness (QED) is 0.853. The first kappa shape index (κ1) is 14.6. The Balaban J connectivity index is 1.68. The van der Waals surface area contributed by atoms with Crippen LogP contribution in [0.5, 0.6) is 0 Å². The molecule has 0 N–H and O–H groups in total. The zero-order chi connectivity index (χ0) is 14.9. The van der Waals surface area contributed by atoms with Crippen LogP contribution in [0.1, 0.15) is 24.8 Å². The van der Waals surface area contributed by atoms with E-state index >= 15 is 0 Å². The molecule has 4 nitrogen and oxygen atoms in total. The number of hydrogen-bond acceptors (Lipinski definition) is 3. The van der Waals surface area contributed by atoms with Crippen molar-refractivity contribution in [1.82, 2.24) is 4.90 Å². The van der Waals surface area contributed by atoms with Crippen molar-refractivity contribution in [3.63, 3.8) is 0 Å². The first-order valence-corrected chi connectivity index (χ1v) is 9.42. The van der Waals surface area contributed by atoms with E-state index in [-0.39, 0.29) is 29.4 Å². The van der Waals surface area contributed by atoms with Crippen molar-refractivity contribution in [2.24, 2.45) is 5.92 Å². The van der Waals surface area contributed by atoms with Crippen molar-refractivity contribution in [3.8, 4) is 0 Å². The number of benzene rings is 1. The second kappa shape index (κ2) is 5.79. The fraction of sp³-hybridized carbons (Fsp3) is 0.562. The molecule has 0 aliphatic carbocycles. The summed E-state index contributed by atoms with van der Waals surface area (Å²) in [6.07, 6.45) is 3.39. The molecule has 1 amide bonds. The Kier molecular flexibility index (Phi) is 4.02. The van der Waals surface area contributed by atoms with Gasteiger partial charge in [-0.15, -0.1) is 0 Å². The summed E-state index contributed by atoms with van der Waals surface area (Å²) in [6.45, 7) is 0.771. The maximum atomic E-state index is 12.6. The normalized spacial score (nSPS) is 27.9. The van der Waals surface area contributed by atoms with E-state index in [0.717, 1.165) is 25.8 Å². The van der Waals surface area contributed by atoms with E-state index in [2.05, 4.69) is 12.1 Å². The molecule has 1 aromatic carbocycles. The molecule has 21 heavy (non-hydrogen) atoms. The van der Waals surface area contributed by atoms with Crippen molar-refractivity contribution in [2.75, 3.05) is 18.1 Å². The number of likely N-dealkylation sites (tertiary alicyclic amines) is 1. The molecule has 0 unspecified atom stereocenters. The van der Waals surface area contributed by atoms with E-state index in [0.29, 0.717) is 6.42 Å². The molecule has 2 saturated heterocycles. The number of amides is 1. The zero-order valence-electron chi connectivity index (χ0n) is 12.1. The molecule has 2 atom stereocenters. The smallest absolute Gasteiger partial charge is 0.226 e. The highest BCUT2D eigenvalue weighted by Gasteiger charge is 2.38. The van der Waals surface area contributed by atoms with E-state index in [1.54, 1.807) is 0 Å². The third-order valence-electron chi connectivity index (χ3n) is 4.56. The van der Waals surface area contributed by atoms with Gasteiger partial charge in [-0.25, -0.2) is 8.42 Å². The van der Waals surface area contributed by atoms with Gasteiger partial charge in [-0.2, -0.15) is 0 Å². The van der Waals surface area contributed by atoms with Gasteiger partial charge in [0.05, 0.1) is 17.4 Å². The molecule has 0 bridgehead atoms. The van der Waals surface area contributed by atoms with Gasteiger partial charge in [0, 0.05) is 12.6 Å². The Hall–Kier alpha value is -1.36. The van der Waals surface area contributed by atoms with Crippen molar-refractivity contribution >= 4 is 15.7 Å². The summed E-state index contributed by atoms with van der Waals surface area (Å²) < 4.78 is 23.1. The highest BCUT2D eigenvalue weighted by molar-refractivity contribution is 7.91. The van der Waals surface area contributed by atoms with Crippen LogP contribution in [0, 0.1) is 5.92 Å². The van der Waals surface area contributed by atoms with Gasteiger partial charge in [-0.1, -0.05) is 30.3 Å². The van der Waals surface area contributed by atoms with E-state index in [1.165, 1.54) is 5.56 Å². The fourth-order valence-electron chi connectivity index (χ4n) is 3.45. The number of sulfone groups is 1. The second-order valence-corrected chi connectivity index (χ2v) is 8.35. The Morgan fingerprint density at radius 3 is 2.62 bits per heavy atom. The zero-order valence-corrected chi connectivity index (χ0v) is 12.9. The van der Waals surface area contributed by atoms with Gasteiger partial charge in [0.1, 0.15) is 0 Å². The van der Waals surface area contributed by atoms with Gasteiger partial charge in [0.25, 0.3) is 0 Å². The number of carbonyl (C=O) groups is 1. The van der Waals surface area contributed by atoms with Gasteiger partial charge >= 0.3 is 0 Å². The third-order valence-corrected chi connectivity index (χ3v) is 6.32. The standard InChI is InChI=1S/C16H21NO3S/c18-16(14-8-10-21(19,20)12-14)17-9-4-7-15(17)11-13-5-2-1-3-6-13/h1-3,5-6,14-15H,4,7-12H2/t14-,15+/m0/s1. The average molecular weight is 307 g/mol. The van der Waals surface area contributed by atoms with Crippen LogP contribution < -0.4 is 0 Å². The number of hydrogen-bond donors (Lipinski definition) is 0. The molecule has 0 aromatic heterocycles. The van der Waals surface area contributed by atoms with Crippen LogP contribution in [0.3, 0.4) is 0 Å². The molecule has 1 aromatic rings. The van der Waals surface area contributed by atoms with Crippen LogP contribution in [-0.2, 0) is 21.1 Å². The molecule has 2 aliphatic rings. The molecule has 2 fully saturated rings. The van der Waals surface area contributed by atoms with E-state index in [1.807, 2.05) is 23.1 Å². The minimum atomic E-state index is -2.99. The highest BCUT2D eigenvalue weighted by Crippen LogP contribution is 2.27. The van der Waals surface area contributed by atoms with Gasteiger partial charge in [-0.3, -0.25) is 4.79 Å². The molecule has 114 valence electrons. The molecule has 0 radical (unpaired) electrons. The van der Waals surface area contributed by atoms with Crippen LogP contribution in [0.25, 0.3) is 0 Å². The van der Waals surface area contributed by atoms with Gasteiger partial charge < -0.3 is 4.90 Å². The molecular weight excluding hydrogens is 286 g/mol. The van der Waals surface area contributed by atoms with Crippen molar-refractivity contribution in [3.05, 3.63) is 35.9 Å². The maximum Gasteiger partial charge on any atom is 0.226 e. The lowest BCUT2D eigenvalue weighted by molar-refractivity contribution is -0.135. The van der Waals surface area contributed by atoms with Crippen molar-refractivity contribution in [1.29, 1.82) is 0 Å². The summed E-state index contributed by atoms with van der Waals surface area (Å²) in [5.41, 5.74) is 1.24. The SMILES string of the molecule is O=C([C@H]1CCS(=O)(=O)C1)N1CCC[C@@H]1Cc1ccccc1. The van der Waals surface area contributed by atoms with Crippen LogP contribution in [0.2, 0.25) is 0 Å². The summed E-state index contributed by atoms with van der Waals surface area (Å²) >= 11 is 0. The Morgan fingerprint density at radius 1 is 1.19 bits per heavy atom. The van der Waals surface area contributed by atoms with Gasteiger partial charge in [0.15, 0.2) is 9.84 Å². The van der Waals surface area contributed by atoms with E-state index in [4.69, 9.17) is 0 Å². The minimum absolute atomic E-state index is 0.0421. The predicted octanol–water partition coefficient (Wildman–Crippen LogP) is 1.65. The molecule has 2 aliphatic heterocycles. The average Bonchev–Trinajstić information content (AvgIpc) is 3.06. The molecular formula is C16H21NO3S. The molecule has 0 spiro atoms. The highest BCUT2D eigenvalue weighted by atomic mass is 32.2. The molecule has 5 heteroatoms. The lowest BCUT2D eigenvalue weighted by atomic mass is 10.0. The Bertz CT molecular complexity index is 612. The summed E-state index contributed by atoms with van der Waals surface area (Å²) in [5, 5.41) is 0. The third kappa shape index (κ3) is 3.28. The minimum Gasteiger partial charge on any atom is -0.339 e. The monoisotopic (exact) mass is 307 g/mol. The maximum absolute atomic E-state index is 12.6. The van der Waals surface area contributed by atoms with Gasteiger partial charge in [0.2, 0.25) is 5.91 Å². The van der Waals surface area contributed by atoms with E-state index < -0.39 is 9.84 Å². The van der Waals surface area contributed by atoms with Crippen molar-refractivity contribution < 1.29 is 13.2 Å². The van der Waals surface area contributed by atoms with Crippen LogP contribution >= 0.6 is 0 Å². The molecule has 2 heterocycles. The van der Waals surface area contributed by atoms with Crippen LogP contribution in [-0.4, -0.2) is 43.3 Å². The summed E-state index contributed by atoms with van der Waals surface area (Å²) in [7, 11) is -2.99. The van der Waals surface area contributed by atoms with E-state index in [9.17, 15) is 13.2 Å². The van der Waals surface area contributed by atoms with Crippen LogP contribution in [0.4, 0.5) is 0 Å². The molecule has 0 saturated carbocycles. The second-order valence-electron chi connectivity index (χ2n) is 6.12. The fourth-order valence-corrected chi connectivity index (χ4v) is 5.18. The summed E-state index contributed by atoms with van der Waals surface area (Å²) in [6, 6.07) is 10.4. The lowest BCUT2D eigenvalue weighted by Gasteiger charge is -2.27. The first-order valence-electron chi connectivity index (χ1n) is 7.60. The molecule has 3 rings (SSSR count). The number of rotatable bonds is 3. The number of carbonyl (C=O) groups excluding carboxylic acids is 1. The largest absolute Gasteiger partial charge is 0.339 e. The predicted molar refractivity (Wildman–Crippen MR) is 81.6 cm³/mol. The number of nitrogens with zero attached hydrogens (tertiary/aromatic N) is 1. The topological polar surface area (TPSA) is 54.5 Å². The summed E-state index contributed by atoms with van der Waals surface area (Å²) in [5.74, 6) is -0.0538. The summed E-state index contributed by atoms with van der Waals surface area (Å²) in [4.78, 5) is 14.5. The van der Waals surface area contributed by atoms with Gasteiger partial charge in [-0.05, 0) is 31.2 Å². The Morgan fingerprint density at radius 2 is 1.95 bits per heavy atom. The van der Waals surface area contributed by atoms with Crippen LogP contribution in [0.15, 0.2) is 30.3 Å². The van der Waals surface area contributed by atoms with Crippen molar-refractivity contribution in [2.45, 2.75) is 31.7 Å². The first-order chi connectivity index (χ1) is 10.1.